The van der Waals surface area contributed by atoms with Crippen LogP contribution >= 0.6 is 0 Å². The summed E-state index contributed by atoms with van der Waals surface area (Å²) in [5, 5.41) is 14.7. The Balaban J connectivity index is 0.979. The largest absolute Gasteiger partial charge is 0.460 e. The second-order valence-electron chi connectivity index (χ2n) is 20.6. The molecule has 5 heterocycles. The van der Waals surface area contributed by atoms with Gasteiger partial charge in [0, 0.05) is 19.4 Å². The molecule has 12 atom stereocenters. The summed E-state index contributed by atoms with van der Waals surface area (Å²) < 4.78 is 29.8. The second kappa shape index (κ2) is 15.4. The zero-order valence-electron chi connectivity index (χ0n) is 36.0. The Morgan fingerprint density at radius 3 is 2.62 bits per heavy atom. The summed E-state index contributed by atoms with van der Waals surface area (Å²) in [4.78, 5) is 64.4. The number of carbonyl (C=O) groups is 4. The Bertz CT molecular complexity index is 1910. The van der Waals surface area contributed by atoms with Gasteiger partial charge in [0.05, 0.1) is 30.9 Å². The third-order valence-electron chi connectivity index (χ3n) is 15.1. The molecule has 14 nitrogen and oxygen atoms in total. The van der Waals surface area contributed by atoms with Crippen LogP contribution < -0.4 is 5.32 Å². The van der Waals surface area contributed by atoms with Crippen molar-refractivity contribution < 1.29 is 52.8 Å². The fourth-order valence-corrected chi connectivity index (χ4v) is 11.9. The number of rotatable bonds is 10. The predicted octanol–water partition coefficient (Wildman–Crippen LogP) is 4.60. The van der Waals surface area contributed by atoms with Crippen molar-refractivity contribution in [3.63, 3.8) is 0 Å². The van der Waals surface area contributed by atoms with E-state index in [2.05, 4.69) is 44.3 Å². The minimum Gasteiger partial charge on any atom is -0.460 e. The molecule has 8 aliphatic rings. The number of esters is 2. The minimum absolute atomic E-state index is 0.00845. The van der Waals surface area contributed by atoms with Crippen LogP contribution in [0.2, 0.25) is 0 Å². The maximum Gasteiger partial charge on any atom is 0.327 e. The molecule has 2 amide bonds. The number of allylic oxidation sites excluding steroid dienone is 1. The van der Waals surface area contributed by atoms with Gasteiger partial charge >= 0.3 is 11.9 Å². The van der Waals surface area contributed by atoms with Crippen molar-refractivity contribution in [3.05, 3.63) is 41.0 Å². The number of likely N-dealkylation sites (tertiary alicyclic amines) is 1. The number of benzene rings is 1. The molecule has 1 unspecified atom stereocenters. The van der Waals surface area contributed by atoms with Gasteiger partial charge in [-0.1, -0.05) is 49.8 Å². The molecule has 5 saturated heterocycles. The number of hydroxylamine groups is 2. The Morgan fingerprint density at radius 1 is 1.07 bits per heavy atom. The quantitative estimate of drug-likeness (QED) is 0.249. The van der Waals surface area contributed by atoms with Gasteiger partial charge < -0.3 is 39.0 Å². The van der Waals surface area contributed by atoms with E-state index in [0.717, 1.165) is 43.2 Å². The van der Waals surface area contributed by atoms with Crippen LogP contribution in [0.1, 0.15) is 117 Å². The number of fused-ring (bicyclic) bond motifs is 6. The number of ether oxygens (including phenoxy) is 5. The first-order chi connectivity index (χ1) is 28.5. The molecule has 2 bridgehead atoms. The summed E-state index contributed by atoms with van der Waals surface area (Å²) in [7, 11) is 0. The molecule has 1 aromatic rings. The number of aliphatic hydroxyl groups is 1. The first kappa shape index (κ1) is 41.9. The van der Waals surface area contributed by atoms with Gasteiger partial charge in [0.15, 0.2) is 6.04 Å². The number of hydrogen-bond donors (Lipinski definition) is 2. The zero-order valence-corrected chi connectivity index (χ0v) is 36.0. The molecule has 0 aromatic heterocycles. The van der Waals surface area contributed by atoms with Crippen molar-refractivity contribution in [1.29, 1.82) is 0 Å². The van der Waals surface area contributed by atoms with Crippen LogP contribution in [0.15, 0.2) is 29.8 Å². The highest BCUT2D eigenvalue weighted by Crippen LogP contribution is 2.60. The first-order valence-corrected chi connectivity index (χ1v) is 22.3. The van der Waals surface area contributed by atoms with Gasteiger partial charge in [-0.3, -0.25) is 24.0 Å². The number of carbonyl (C=O) groups excluding carboxylic acids is 4. The van der Waals surface area contributed by atoms with Crippen LogP contribution in [-0.2, 0) is 54.2 Å². The number of hydrogen-bond acceptors (Lipinski definition) is 12. The van der Waals surface area contributed by atoms with E-state index >= 15 is 4.79 Å². The van der Waals surface area contributed by atoms with Crippen molar-refractivity contribution in [1.82, 2.24) is 15.3 Å². The highest BCUT2D eigenvalue weighted by atomic mass is 16.8. The van der Waals surface area contributed by atoms with Gasteiger partial charge in [0.1, 0.15) is 48.3 Å². The standard InChI is InChI=1S/C46H63N3O11/c1-43(2,3)59-35(51)16-14-29(24-50)47-40(52)32-12-9-19-48(32)42(54)46-22-33-36-37(56-25-55-36)39(46)60-49(38(46)41(53)57-33)23-28-11-8-7-10-26(28)20-27-13-15-34-45(6,58-34)18-17-31-30(27)21-44(31,4)5/h7-8,10-11,20,29-34,36-39,50H,9,12-19,21-25H2,1-6H3,(H,47,52)/t29-,30+,31+,32+,33+,34?,36-,37-,38-,39+,45+,46-/m0/s1. The summed E-state index contributed by atoms with van der Waals surface area (Å²) >= 11 is 0. The Labute approximate surface area is 352 Å². The van der Waals surface area contributed by atoms with Crippen LogP contribution in [0, 0.1) is 22.7 Å². The SMILES string of the molecule is CC(C)(C)OC(=O)CC[C@@H](CO)NC(=O)[C@H]1CCCN1C(=O)[C@@]12C[C@H]3OC(=O)[C@@H]1N(Cc1ccccc1C=C1CCC4O[C@]4(C)CC[C@@H]4[C@@H]1CC4(C)C)O[C@@H]2[C@H]1OCO[C@H]13. The van der Waals surface area contributed by atoms with E-state index in [4.69, 9.17) is 28.5 Å². The van der Waals surface area contributed by atoms with Crippen molar-refractivity contribution in [3.8, 4) is 0 Å². The number of aliphatic hydroxyl groups excluding tert-OH is 1. The number of epoxide rings is 1. The summed E-state index contributed by atoms with van der Waals surface area (Å²) in [6.45, 7) is 12.5. The van der Waals surface area contributed by atoms with Crippen LogP contribution in [0.25, 0.3) is 6.08 Å². The van der Waals surface area contributed by atoms with Gasteiger partial charge in [-0.15, -0.1) is 0 Å². The molecule has 14 heteroatoms. The lowest BCUT2D eigenvalue weighted by Crippen LogP contribution is -2.70. The fraction of sp³-hybridized carbons (Fsp3) is 0.739. The smallest absolute Gasteiger partial charge is 0.327 e. The minimum atomic E-state index is -1.41. The van der Waals surface area contributed by atoms with Gasteiger partial charge in [-0.2, -0.15) is 5.06 Å². The highest BCUT2D eigenvalue weighted by molar-refractivity contribution is 5.96. The number of nitrogens with zero attached hydrogens (tertiary/aromatic N) is 2. The lowest BCUT2D eigenvalue weighted by molar-refractivity contribution is -0.204. The van der Waals surface area contributed by atoms with Crippen molar-refractivity contribution in [2.24, 2.45) is 22.7 Å². The summed E-state index contributed by atoms with van der Waals surface area (Å²) in [5.41, 5.74) is 1.66. The number of nitrogens with one attached hydrogen (secondary N) is 1. The van der Waals surface area contributed by atoms with E-state index in [-0.39, 0.29) is 56.1 Å². The molecule has 328 valence electrons. The molecule has 0 radical (unpaired) electrons. The molecule has 1 aromatic carbocycles. The van der Waals surface area contributed by atoms with E-state index < -0.39 is 71.4 Å². The van der Waals surface area contributed by atoms with Crippen LogP contribution in [0.5, 0.6) is 0 Å². The van der Waals surface area contributed by atoms with Crippen LogP contribution in [-0.4, -0.2) is 119 Å². The van der Waals surface area contributed by atoms with E-state index in [9.17, 15) is 19.5 Å². The highest BCUT2D eigenvalue weighted by Gasteiger charge is 2.75. The van der Waals surface area contributed by atoms with E-state index in [0.29, 0.717) is 37.3 Å². The molecule has 60 heavy (non-hydrogen) atoms. The molecule has 0 spiro atoms. The monoisotopic (exact) mass is 833 g/mol. The Morgan fingerprint density at radius 2 is 1.85 bits per heavy atom. The molecular formula is C46H63N3O11. The topological polar surface area (TPSA) is 166 Å². The maximum absolute atomic E-state index is 15.3. The summed E-state index contributed by atoms with van der Waals surface area (Å²) in [6.07, 6.45) is 6.51. The number of amides is 2. The molecular weight excluding hydrogens is 771 g/mol. The molecule has 2 N–H and O–H groups in total. The van der Waals surface area contributed by atoms with Gasteiger partial charge in [-0.25, -0.2) is 0 Å². The fourth-order valence-electron chi connectivity index (χ4n) is 11.9. The summed E-state index contributed by atoms with van der Waals surface area (Å²) in [6, 6.07) is 5.56. The van der Waals surface area contributed by atoms with Crippen molar-refractivity contribution in [2.45, 2.75) is 172 Å². The van der Waals surface area contributed by atoms with Crippen molar-refractivity contribution in [2.75, 3.05) is 19.9 Å². The van der Waals surface area contributed by atoms with Gasteiger partial charge in [0.2, 0.25) is 11.8 Å². The lowest BCUT2D eigenvalue weighted by Gasteiger charge is -2.53. The third-order valence-corrected chi connectivity index (χ3v) is 15.1. The van der Waals surface area contributed by atoms with E-state index in [1.54, 1.807) is 30.7 Å². The average molecular weight is 834 g/mol. The molecule has 3 aliphatic carbocycles. The van der Waals surface area contributed by atoms with E-state index in [1.165, 1.54) is 5.57 Å². The van der Waals surface area contributed by atoms with Crippen molar-refractivity contribution >= 4 is 29.8 Å². The molecule has 5 aliphatic heterocycles. The van der Waals surface area contributed by atoms with Gasteiger partial charge in [-0.05, 0) is 107 Å². The predicted molar refractivity (Wildman–Crippen MR) is 216 cm³/mol. The maximum atomic E-state index is 15.3. The molecule has 9 rings (SSSR count). The lowest BCUT2D eigenvalue weighted by atomic mass is 9.52. The Kier molecular flexibility index (Phi) is 10.8. The summed E-state index contributed by atoms with van der Waals surface area (Å²) in [5.74, 6) is -0.663. The van der Waals surface area contributed by atoms with Crippen LogP contribution in [0.3, 0.4) is 0 Å². The first-order valence-electron chi connectivity index (χ1n) is 22.3. The Hall–Kier alpha value is -3.40. The average Bonchev–Trinajstić information content (AvgIpc) is 3.65. The molecule has 3 saturated carbocycles. The second-order valence-corrected chi connectivity index (χ2v) is 20.6. The normalized spacial score (nSPS) is 38.9. The molecule has 8 fully saturated rings. The third kappa shape index (κ3) is 7.40. The van der Waals surface area contributed by atoms with Crippen LogP contribution in [0.4, 0.5) is 0 Å². The zero-order chi connectivity index (χ0) is 42.4. The van der Waals surface area contributed by atoms with E-state index in [1.807, 2.05) is 12.1 Å². The van der Waals surface area contributed by atoms with Gasteiger partial charge in [0.25, 0.3) is 0 Å².